The molecule has 33 heavy (non-hydrogen) atoms. The van der Waals surface area contributed by atoms with Gasteiger partial charge in [-0.3, -0.25) is 14.4 Å². The van der Waals surface area contributed by atoms with Crippen LogP contribution < -0.4 is 22.1 Å². The number of imidazole rings is 1. The number of H-pyrrole nitrogens is 1. The highest BCUT2D eigenvalue weighted by atomic mass is 16.3. The molecule has 1 aromatic rings. The van der Waals surface area contributed by atoms with Crippen LogP contribution in [0.15, 0.2) is 12.5 Å². The number of amides is 3. The lowest BCUT2D eigenvalue weighted by Crippen LogP contribution is -2.56. The molecule has 0 aromatic carbocycles. The van der Waals surface area contributed by atoms with Crippen LogP contribution in [0.2, 0.25) is 0 Å². The molecule has 6 atom stereocenters. The molecule has 0 aliphatic carbocycles. The molecule has 0 saturated carbocycles. The molecule has 0 radical (unpaired) electrons. The second-order valence-electron chi connectivity index (χ2n) is 9.22. The average Bonchev–Trinajstić information content (AvgIpc) is 3.27. The van der Waals surface area contributed by atoms with Gasteiger partial charge in [0.05, 0.1) is 12.4 Å². The number of nitrogens with one attached hydrogen (secondary N) is 3. The average molecular weight is 467 g/mol. The lowest BCUT2D eigenvalue weighted by molar-refractivity contribution is -0.135. The maximum atomic E-state index is 13.2. The van der Waals surface area contributed by atoms with Gasteiger partial charge in [0, 0.05) is 30.3 Å². The number of primary amides is 1. The van der Waals surface area contributed by atoms with Gasteiger partial charge in [0.2, 0.25) is 17.7 Å². The van der Waals surface area contributed by atoms with Gasteiger partial charge in [-0.15, -0.1) is 0 Å². The fourth-order valence-electron chi connectivity index (χ4n) is 3.71. The summed E-state index contributed by atoms with van der Waals surface area (Å²) in [5.74, 6) is -2.24. The fraction of sp³-hybridized carbons (Fsp3) is 0.739. The van der Waals surface area contributed by atoms with E-state index in [0.29, 0.717) is 18.5 Å². The Hall–Kier alpha value is -2.46. The summed E-state index contributed by atoms with van der Waals surface area (Å²) in [6, 6.07) is -2.21. The van der Waals surface area contributed by atoms with E-state index in [2.05, 4.69) is 20.6 Å². The summed E-state index contributed by atoms with van der Waals surface area (Å²) < 4.78 is 0. The summed E-state index contributed by atoms with van der Waals surface area (Å²) in [6.07, 6.45) is 4.73. The van der Waals surface area contributed by atoms with Crippen molar-refractivity contribution in [1.29, 1.82) is 0 Å². The molecule has 0 unspecified atom stereocenters. The predicted molar refractivity (Wildman–Crippen MR) is 127 cm³/mol. The summed E-state index contributed by atoms with van der Waals surface area (Å²) >= 11 is 0. The van der Waals surface area contributed by atoms with Gasteiger partial charge < -0.3 is 32.2 Å². The third-order valence-corrected chi connectivity index (χ3v) is 6.19. The van der Waals surface area contributed by atoms with Crippen molar-refractivity contribution < 1.29 is 19.5 Å². The normalized spacial score (nSPS) is 17.0. The molecule has 0 saturated heterocycles. The molecule has 10 heteroatoms. The number of aliphatic hydroxyl groups excluding tert-OH is 1. The zero-order valence-electron chi connectivity index (χ0n) is 20.5. The lowest BCUT2D eigenvalue weighted by Gasteiger charge is -2.30. The summed E-state index contributed by atoms with van der Waals surface area (Å²) in [4.78, 5) is 45.0. The summed E-state index contributed by atoms with van der Waals surface area (Å²) in [5.41, 5.74) is 12.2. The number of carbonyl (C=O) groups excluding carboxylic acids is 3. The topological polar surface area (TPSA) is 176 Å². The Morgan fingerprint density at radius 3 is 2.30 bits per heavy atom. The van der Waals surface area contributed by atoms with Gasteiger partial charge in [0.1, 0.15) is 12.1 Å². The van der Waals surface area contributed by atoms with E-state index in [0.717, 1.165) is 6.42 Å². The van der Waals surface area contributed by atoms with Gasteiger partial charge in [-0.25, -0.2) is 4.98 Å². The first-order chi connectivity index (χ1) is 15.5. The molecule has 1 aromatic heterocycles. The molecular weight excluding hydrogens is 424 g/mol. The number of aromatic nitrogens is 2. The zero-order chi connectivity index (χ0) is 25.1. The van der Waals surface area contributed by atoms with Crippen LogP contribution in [-0.4, -0.2) is 57.0 Å². The van der Waals surface area contributed by atoms with Gasteiger partial charge in [-0.1, -0.05) is 47.5 Å². The van der Waals surface area contributed by atoms with E-state index in [1.807, 2.05) is 34.6 Å². The Balaban J connectivity index is 2.95. The van der Waals surface area contributed by atoms with Gasteiger partial charge in [-0.2, -0.15) is 0 Å². The highest BCUT2D eigenvalue weighted by Crippen LogP contribution is 2.21. The first kappa shape index (κ1) is 28.6. The van der Waals surface area contributed by atoms with Crippen LogP contribution in [0.5, 0.6) is 0 Å². The summed E-state index contributed by atoms with van der Waals surface area (Å²) in [5, 5.41) is 16.0. The third kappa shape index (κ3) is 9.13. The standard InChI is InChI=1S/C23H42N6O4/c1-6-8-17(24)19(30)10-16(13(3)4)22(32)29-20(14(5)7-2)23(33)28-18(21(25)31)9-15-11-26-12-27-15/h11-14,16-20,30H,6-10,24H2,1-5H3,(H2,25,31)(H,26,27)(H,28,33)(H,29,32)/t14-,16+,17-,18-,19-,20-/m0/s1. The third-order valence-electron chi connectivity index (χ3n) is 6.19. The molecule has 10 nitrogen and oxygen atoms in total. The van der Waals surface area contributed by atoms with Gasteiger partial charge in [0.25, 0.3) is 0 Å². The number of aromatic amines is 1. The number of hydrogen-bond donors (Lipinski definition) is 6. The Labute approximate surface area is 196 Å². The Kier molecular flexibility index (Phi) is 12.1. The van der Waals surface area contributed by atoms with E-state index in [1.54, 1.807) is 6.20 Å². The minimum absolute atomic E-state index is 0.0622. The van der Waals surface area contributed by atoms with Crippen LogP contribution in [0.3, 0.4) is 0 Å². The quantitative estimate of drug-likeness (QED) is 0.220. The number of nitrogens with zero attached hydrogens (tertiary/aromatic N) is 1. The highest BCUT2D eigenvalue weighted by Gasteiger charge is 2.33. The largest absolute Gasteiger partial charge is 0.391 e. The first-order valence-corrected chi connectivity index (χ1v) is 11.8. The second-order valence-corrected chi connectivity index (χ2v) is 9.22. The predicted octanol–water partition coefficient (Wildman–Crippen LogP) is 0.604. The van der Waals surface area contributed by atoms with Crippen molar-refractivity contribution in [3.05, 3.63) is 18.2 Å². The molecule has 3 amide bonds. The van der Waals surface area contributed by atoms with Crippen LogP contribution in [0.4, 0.5) is 0 Å². The Morgan fingerprint density at radius 2 is 1.82 bits per heavy atom. The van der Waals surface area contributed by atoms with Crippen molar-refractivity contribution in [2.24, 2.45) is 29.2 Å². The second kappa shape index (κ2) is 13.9. The fourth-order valence-corrected chi connectivity index (χ4v) is 3.71. The Bertz CT molecular complexity index is 739. The number of aliphatic hydroxyl groups is 1. The molecule has 0 aliphatic heterocycles. The minimum Gasteiger partial charge on any atom is -0.391 e. The van der Waals surface area contributed by atoms with Gasteiger partial charge in [0.15, 0.2) is 0 Å². The van der Waals surface area contributed by atoms with Crippen LogP contribution in [0.25, 0.3) is 0 Å². The van der Waals surface area contributed by atoms with Crippen molar-refractivity contribution >= 4 is 17.7 Å². The molecule has 188 valence electrons. The molecule has 1 heterocycles. The summed E-state index contributed by atoms with van der Waals surface area (Å²) in [7, 11) is 0. The van der Waals surface area contributed by atoms with E-state index in [-0.39, 0.29) is 30.6 Å². The smallest absolute Gasteiger partial charge is 0.243 e. The number of carbonyl (C=O) groups is 3. The van der Waals surface area contributed by atoms with Gasteiger partial charge in [-0.05, 0) is 24.7 Å². The molecule has 1 rings (SSSR count). The number of hydrogen-bond acceptors (Lipinski definition) is 6. The van der Waals surface area contributed by atoms with E-state index >= 15 is 0 Å². The van der Waals surface area contributed by atoms with E-state index in [4.69, 9.17) is 11.5 Å². The highest BCUT2D eigenvalue weighted by molar-refractivity contribution is 5.92. The van der Waals surface area contributed by atoms with Crippen molar-refractivity contribution in [3.8, 4) is 0 Å². The number of nitrogens with two attached hydrogens (primary N) is 2. The number of rotatable bonds is 15. The van der Waals surface area contributed by atoms with Gasteiger partial charge >= 0.3 is 0 Å². The molecular formula is C23H42N6O4. The van der Waals surface area contributed by atoms with Crippen molar-refractivity contribution in [2.75, 3.05) is 0 Å². The van der Waals surface area contributed by atoms with Crippen LogP contribution >= 0.6 is 0 Å². The van der Waals surface area contributed by atoms with Crippen molar-refractivity contribution in [2.45, 2.75) is 91.0 Å². The molecule has 0 spiro atoms. The Morgan fingerprint density at radius 1 is 1.15 bits per heavy atom. The zero-order valence-corrected chi connectivity index (χ0v) is 20.5. The van der Waals surface area contributed by atoms with Crippen molar-refractivity contribution in [1.82, 2.24) is 20.6 Å². The first-order valence-electron chi connectivity index (χ1n) is 11.8. The van der Waals surface area contributed by atoms with Crippen molar-refractivity contribution in [3.63, 3.8) is 0 Å². The monoisotopic (exact) mass is 466 g/mol. The summed E-state index contributed by atoms with van der Waals surface area (Å²) in [6.45, 7) is 9.55. The molecule has 8 N–H and O–H groups in total. The maximum absolute atomic E-state index is 13.2. The molecule has 0 bridgehead atoms. The lowest BCUT2D eigenvalue weighted by atomic mass is 9.86. The maximum Gasteiger partial charge on any atom is 0.243 e. The van der Waals surface area contributed by atoms with Crippen LogP contribution in [0, 0.1) is 17.8 Å². The molecule has 0 aliphatic rings. The van der Waals surface area contributed by atoms with E-state index in [1.165, 1.54) is 6.33 Å². The SMILES string of the molecule is CCC[C@H](N)[C@@H](O)C[C@@H](C(=O)N[C@H](C(=O)N[C@@H](Cc1cnc[nH]1)C(N)=O)[C@@H](C)CC)C(C)C. The van der Waals surface area contributed by atoms with Crippen LogP contribution in [0.1, 0.15) is 66.0 Å². The van der Waals surface area contributed by atoms with E-state index in [9.17, 15) is 19.5 Å². The van der Waals surface area contributed by atoms with E-state index < -0.39 is 42.0 Å². The molecule has 0 fully saturated rings. The minimum atomic E-state index is -0.948. The van der Waals surface area contributed by atoms with Crippen LogP contribution in [-0.2, 0) is 20.8 Å².